The van der Waals surface area contributed by atoms with E-state index in [2.05, 4.69) is 48.1 Å². The summed E-state index contributed by atoms with van der Waals surface area (Å²) in [6, 6.07) is 6.23. The zero-order valence-corrected chi connectivity index (χ0v) is 26.4. The van der Waals surface area contributed by atoms with Crippen LogP contribution in [0.1, 0.15) is 81.7 Å². The maximum Gasteiger partial charge on any atom is 0.224 e. The molecule has 230 valence electrons. The van der Waals surface area contributed by atoms with Gasteiger partial charge in [0.1, 0.15) is 0 Å². The number of aromatic nitrogens is 1. The van der Waals surface area contributed by atoms with Crippen LogP contribution in [0.2, 0.25) is 0 Å². The Morgan fingerprint density at radius 1 is 1.14 bits per heavy atom. The second-order valence-electron chi connectivity index (χ2n) is 12.2. The molecule has 2 fully saturated rings. The first-order valence-electron chi connectivity index (χ1n) is 15.6. The Morgan fingerprint density at radius 3 is 2.57 bits per heavy atom. The molecule has 8 nitrogen and oxygen atoms in total. The maximum absolute atomic E-state index is 13.8. The molecule has 1 aromatic heterocycles. The third-order valence-electron chi connectivity index (χ3n) is 8.77. The molecule has 2 atom stereocenters. The highest BCUT2D eigenvalue weighted by atomic mass is 32.1. The third-order valence-corrected chi connectivity index (χ3v) is 9.81. The normalized spacial score (nSPS) is 18.1. The van der Waals surface area contributed by atoms with Crippen LogP contribution < -0.4 is 10.6 Å². The average molecular weight is 597 g/mol. The van der Waals surface area contributed by atoms with Crippen molar-refractivity contribution < 1.29 is 19.1 Å². The first-order valence-corrected chi connectivity index (χ1v) is 16.5. The van der Waals surface area contributed by atoms with E-state index in [1.807, 2.05) is 6.07 Å². The van der Waals surface area contributed by atoms with Gasteiger partial charge in [0.2, 0.25) is 11.8 Å². The Labute approximate surface area is 254 Å². The maximum atomic E-state index is 13.8. The van der Waals surface area contributed by atoms with E-state index in [1.165, 1.54) is 12.0 Å². The molecular weight excluding hydrogens is 548 g/mol. The first kappa shape index (κ1) is 32.3. The number of ketones is 1. The van der Waals surface area contributed by atoms with E-state index >= 15 is 0 Å². The van der Waals surface area contributed by atoms with Gasteiger partial charge < -0.3 is 15.4 Å². The van der Waals surface area contributed by atoms with Crippen LogP contribution >= 0.6 is 11.3 Å². The molecule has 4 rings (SSSR count). The fourth-order valence-corrected chi connectivity index (χ4v) is 7.17. The highest BCUT2D eigenvalue weighted by molar-refractivity contribution is 7.18. The van der Waals surface area contributed by atoms with Gasteiger partial charge in [-0.2, -0.15) is 0 Å². The standard InChI is InChI=1S/C33H48N4O4S/c1-22(2)25-10-11-28-30(18-25)42-32(35-28)20-26(19-31(39)34-4)33(40)36-27(24-8-6-5-7-9-24)12-13-29(38)23(3)21-37-14-16-41-17-15-37/h10-11,18,22,24,26-27H,3,5-9,12-17,19-21H2,1-2,4H3,(H,34,39)(H,36,40)/t26-,27+/m0/s1. The van der Waals surface area contributed by atoms with Crippen molar-refractivity contribution in [1.29, 1.82) is 0 Å². The zero-order chi connectivity index (χ0) is 30.1. The van der Waals surface area contributed by atoms with Gasteiger partial charge in [0, 0.05) is 57.6 Å². The number of carbonyl (C=O) groups excluding carboxylic acids is 3. The molecule has 0 unspecified atom stereocenters. The fraction of sp³-hybridized carbons (Fsp3) is 0.636. The van der Waals surface area contributed by atoms with Gasteiger partial charge in [-0.25, -0.2) is 4.98 Å². The smallest absolute Gasteiger partial charge is 0.224 e. The summed E-state index contributed by atoms with van der Waals surface area (Å²) in [7, 11) is 1.60. The minimum Gasteiger partial charge on any atom is -0.379 e. The van der Waals surface area contributed by atoms with Crippen molar-refractivity contribution in [3.8, 4) is 0 Å². The molecule has 1 aliphatic heterocycles. The van der Waals surface area contributed by atoms with Crippen LogP contribution in [0.5, 0.6) is 0 Å². The lowest BCUT2D eigenvalue weighted by Gasteiger charge is -2.32. The van der Waals surface area contributed by atoms with E-state index < -0.39 is 5.92 Å². The van der Waals surface area contributed by atoms with Crippen molar-refractivity contribution in [2.75, 3.05) is 39.9 Å². The molecule has 9 heteroatoms. The molecule has 1 aromatic carbocycles. The van der Waals surface area contributed by atoms with Gasteiger partial charge >= 0.3 is 0 Å². The monoisotopic (exact) mass is 596 g/mol. The predicted molar refractivity (Wildman–Crippen MR) is 169 cm³/mol. The second-order valence-corrected chi connectivity index (χ2v) is 13.4. The molecule has 0 radical (unpaired) electrons. The van der Waals surface area contributed by atoms with Gasteiger partial charge in [-0.3, -0.25) is 19.3 Å². The van der Waals surface area contributed by atoms with Gasteiger partial charge in [-0.15, -0.1) is 11.3 Å². The van der Waals surface area contributed by atoms with Crippen LogP contribution in [0.3, 0.4) is 0 Å². The van der Waals surface area contributed by atoms with E-state index in [0.717, 1.165) is 54.0 Å². The van der Waals surface area contributed by atoms with E-state index in [1.54, 1.807) is 18.4 Å². The van der Waals surface area contributed by atoms with Crippen molar-refractivity contribution in [3.05, 3.63) is 40.9 Å². The SMILES string of the molecule is C=C(CN1CCOCC1)C(=O)CC[C@@H](NC(=O)[C@@H](CC(=O)NC)Cc1nc2ccc(C(C)C)cc2s1)C1CCCCC1. The molecular formula is C33H48N4O4S. The number of morpholine rings is 1. The molecule has 2 amide bonds. The molecule has 2 heterocycles. The number of hydrogen-bond donors (Lipinski definition) is 2. The number of nitrogens with zero attached hydrogens (tertiary/aromatic N) is 2. The summed E-state index contributed by atoms with van der Waals surface area (Å²) in [5.74, 6) is -0.00709. The van der Waals surface area contributed by atoms with E-state index in [0.29, 0.717) is 56.4 Å². The van der Waals surface area contributed by atoms with E-state index in [9.17, 15) is 14.4 Å². The van der Waals surface area contributed by atoms with Crippen molar-refractivity contribution >= 4 is 39.2 Å². The average Bonchev–Trinajstić information content (AvgIpc) is 3.41. The summed E-state index contributed by atoms with van der Waals surface area (Å²) in [6.45, 7) is 12.0. The Balaban J connectivity index is 1.44. The number of carbonyl (C=O) groups is 3. The van der Waals surface area contributed by atoms with Crippen molar-refractivity contribution in [2.24, 2.45) is 11.8 Å². The van der Waals surface area contributed by atoms with Gasteiger partial charge in [0.25, 0.3) is 0 Å². The number of rotatable bonds is 14. The second kappa shape index (κ2) is 15.7. The highest BCUT2D eigenvalue weighted by Gasteiger charge is 2.30. The Morgan fingerprint density at radius 2 is 1.88 bits per heavy atom. The van der Waals surface area contributed by atoms with Gasteiger partial charge in [-0.1, -0.05) is 45.8 Å². The number of fused-ring (bicyclic) bond motifs is 1. The Kier molecular flexibility index (Phi) is 12.1. The Hall–Kier alpha value is -2.62. The molecule has 1 saturated carbocycles. The lowest BCUT2D eigenvalue weighted by atomic mass is 9.81. The van der Waals surface area contributed by atoms with Crippen molar-refractivity contribution in [2.45, 2.75) is 83.6 Å². The van der Waals surface area contributed by atoms with Gasteiger partial charge in [0.05, 0.1) is 34.4 Å². The largest absolute Gasteiger partial charge is 0.379 e. The number of hydrogen-bond acceptors (Lipinski definition) is 7. The summed E-state index contributed by atoms with van der Waals surface area (Å²) in [5, 5.41) is 6.86. The molecule has 2 aliphatic rings. The summed E-state index contributed by atoms with van der Waals surface area (Å²) < 4.78 is 6.52. The van der Waals surface area contributed by atoms with Crippen molar-refractivity contribution in [3.63, 3.8) is 0 Å². The minimum absolute atomic E-state index is 0.0636. The number of nitrogens with one attached hydrogen (secondary N) is 2. The van der Waals surface area contributed by atoms with E-state index in [4.69, 9.17) is 9.72 Å². The van der Waals surface area contributed by atoms with Crippen molar-refractivity contribution in [1.82, 2.24) is 20.5 Å². The summed E-state index contributed by atoms with van der Waals surface area (Å²) in [5.41, 5.74) is 2.81. The molecule has 42 heavy (non-hydrogen) atoms. The Bertz CT molecular complexity index is 1230. The molecule has 1 saturated heterocycles. The number of thiazole rings is 1. The van der Waals surface area contributed by atoms with E-state index in [-0.39, 0.29) is 30.1 Å². The van der Waals surface area contributed by atoms with Crippen LogP contribution in [0, 0.1) is 11.8 Å². The number of amides is 2. The van der Waals surface area contributed by atoms with Gasteiger partial charge in [0.15, 0.2) is 5.78 Å². The van der Waals surface area contributed by atoms with Crippen LogP contribution in [0.15, 0.2) is 30.4 Å². The lowest BCUT2D eigenvalue weighted by Crippen LogP contribution is -2.45. The topological polar surface area (TPSA) is 101 Å². The molecule has 0 bridgehead atoms. The number of Topliss-reactive ketones (excluding diaryl/α,β-unsaturated/α-hetero) is 1. The minimum atomic E-state index is -0.534. The summed E-state index contributed by atoms with van der Waals surface area (Å²) in [4.78, 5) is 46.4. The number of benzene rings is 1. The van der Waals surface area contributed by atoms with Gasteiger partial charge in [-0.05, 0) is 48.8 Å². The molecule has 2 aromatic rings. The molecule has 0 spiro atoms. The van der Waals surface area contributed by atoms with Crippen LogP contribution in [0.4, 0.5) is 0 Å². The van der Waals surface area contributed by atoms with Crippen LogP contribution in [0.25, 0.3) is 10.2 Å². The molecule has 2 N–H and O–H groups in total. The van der Waals surface area contributed by atoms with Crippen LogP contribution in [-0.4, -0.2) is 73.4 Å². The molecule has 1 aliphatic carbocycles. The fourth-order valence-electron chi connectivity index (χ4n) is 6.07. The summed E-state index contributed by atoms with van der Waals surface area (Å²) in [6.07, 6.45) is 7.03. The third kappa shape index (κ3) is 9.19. The van der Waals surface area contributed by atoms with Crippen LogP contribution in [-0.2, 0) is 25.5 Å². The zero-order valence-electron chi connectivity index (χ0n) is 25.6. The highest BCUT2D eigenvalue weighted by Crippen LogP contribution is 2.31. The predicted octanol–water partition coefficient (Wildman–Crippen LogP) is 5.02. The lowest BCUT2D eigenvalue weighted by molar-refractivity contribution is -0.131. The first-order chi connectivity index (χ1) is 20.2. The summed E-state index contributed by atoms with van der Waals surface area (Å²) >= 11 is 1.60. The number of ether oxygens (including phenoxy) is 1. The quantitative estimate of drug-likeness (QED) is 0.297.